The van der Waals surface area contributed by atoms with Crippen LogP contribution in [0.2, 0.25) is 0 Å². The lowest BCUT2D eigenvalue weighted by Gasteiger charge is -2.40. The summed E-state index contributed by atoms with van der Waals surface area (Å²) in [7, 11) is 0. The summed E-state index contributed by atoms with van der Waals surface area (Å²) in [6.07, 6.45) is 3.86. The van der Waals surface area contributed by atoms with Gasteiger partial charge in [0.25, 0.3) is 0 Å². The second-order valence-electron chi connectivity index (χ2n) is 4.87. The van der Waals surface area contributed by atoms with Crippen LogP contribution in [0, 0.1) is 5.41 Å². The number of carbonyl (C=O) groups is 2. The van der Waals surface area contributed by atoms with E-state index in [-0.39, 0.29) is 23.8 Å². The van der Waals surface area contributed by atoms with Gasteiger partial charge in [-0.05, 0) is 31.7 Å². The smallest absolute Gasteiger partial charge is 0.220 e. The highest BCUT2D eigenvalue weighted by Crippen LogP contribution is 2.42. The minimum Gasteiger partial charge on any atom is -0.370 e. The summed E-state index contributed by atoms with van der Waals surface area (Å²) in [6, 6.07) is -0.195. The van der Waals surface area contributed by atoms with Crippen molar-refractivity contribution in [3.8, 4) is 0 Å². The van der Waals surface area contributed by atoms with E-state index in [9.17, 15) is 9.59 Å². The summed E-state index contributed by atoms with van der Waals surface area (Å²) in [6.45, 7) is 2.34. The number of amides is 2. The van der Waals surface area contributed by atoms with Gasteiger partial charge in [0, 0.05) is 18.9 Å². The van der Waals surface area contributed by atoms with Crippen molar-refractivity contribution in [2.45, 2.75) is 45.1 Å². The summed E-state index contributed by atoms with van der Waals surface area (Å²) in [5, 5.41) is 2.77. The highest BCUT2D eigenvalue weighted by Gasteiger charge is 2.37. The molecule has 0 bridgehead atoms. The molecule has 5 nitrogen and oxygen atoms in total. The van der Waals surface area contributed by atoms with Gasteiger partial charge >= 0.3 is 0 Å². The van der Waals surface area contributed by atoms with Crippen LogP contribution in [-0.2, 0) is 9.59 Å². The molecule has 0 heterocycles. The molecule has 1 saturated carbocycles. The van der Waals surface area contributed by atoms with E-state index in [1.54, 1.807) is 6.92 Å². The fourth-order valence-electron chi connectivity index (χ4n) is 2.15. The lowest BCUT2D eigenvalue weighted by Crippen LogP contribution is -2.44. The van der Waals surface area contributed by atoms with E-state index in [1.165, 1.54) is 0 Å². The van der Waals surface area contributed by atoms with Gasteiger partial charge in [-0.1, -0.05) is 6.42 Å². The molecule has 1 unspecified atom stereocenters. The Kier molecular flexibility index (Phi) is 4.29. The Morgan fingerprint density at radius 2 is 2.06 bits per heavy atom. The zero-order valence-corrected chi connectivity index (χ0v) is 9.79. The molecule has 0 saturated heterocycles. The highest BCUT2D eigenvalue weighted by atomic mass is 16.2. The summed E-state index contributed by atoms with van der Waals surface area (Å²) < 4.78 is 0. The van der Waals surface area contributed by atoms with E-state index in [1.807, 2.05) is 0 Å². The third-order valence-corrected chi connectivity index (χ3v) is 3.30. The Morgan fingerprint density at radius 1 is 1.44 bits per heavy atom. The minimum absolute atomic E-state index is 0.0104. The molecular weight excluding hydrogens is 206 g/mol. The number of hydrogen-bond donors (Lipinski definition) is 3. The van der Waals surface area contributed by atoms with E-state index in [0.29, 0.717) is 13.0 Å². The van der Waals surface area contributed by atoms with E-state index < -0.39 is 5.91 Å². The number of nitrogens with two attached hydrogens (primary N) is 2. The number of rotatable bonds is 6. The monoisotopic (exact) mass is 227 g/mol. The average Bonchev–Trinajstić information content (AvgIpc) is 2.09. The second kappa shape index (κ2) is 5.30. The zero-order chi connectivity index (χ0) is 12.2. The van der Waals surface area contributed by atoms with Crippen molar-refractivity contribution >= 4 is 11.8 Å². The first kappa shape index (κ1) is 13.0. The molecule has 92 valence electrons. The molecule has 0 spiro atoms. The van der Waals surface area contributed by atoms with Gasteiger partial charge in [0.05, 0.1) is 0 Å². The molecule has 0 aromatic rings. The lowest BCUT2D eigenvalue weighted by atomic mass is 9.66. The topological polar surface area (TPSA) is 98.2 Å². The van der Waals surface area contributed by atoms with Crippen LogP contribution >= 0.6 is 0 Å². The maximum absolute atomic E-state index is 11.7. The fraction of sp³-hybridized carbons (Fsp3) is 0.818. The van der Waals surface area contributed by atoms with Gasteiger partial charge in [0.15, 0.2) is 0 Å². The van der Waals surface area contributed by atoms with Crippen molar-refractivity contribution in [2.75, 3.05) is 6.54 Å². The van der Waals surface area contributed by atoms with Crippen molar-refractivity contribution in [1.82, 2.24) is 5.32 Å². The average molecular weight is 227 g/mol. The molecule has 0 aromatic carbocycles. The van der Waals surface area contributed by atoms with Crippen molar-refractivity contribution in [1.29, 1.82) is 0 Å². The molecule has 0 radical (unpaired) electrons. The molecular formula is C11H21N3O2. The van der Waals surface area contributed by atoms with Crippen LogP contribution in [0.15, 0.2) is 0 Å². The Labute approximate surface area is 95.9 Å². The summed E-state index contributed by atoms with van der Waals surface area (Å²) in [5.41, 5.74) is 10.7. The Hall–Kier alpha value is -1.10. The van der Waals surface area contributed by atoms with Crippen molar-refractivity contribution in [3.05, 3.63) is 0 Å². The summed E-state index contributed by atoms with van der Waals surface area (Å²) in [4.78, 5) is 22.3. The van der Waals surface area contributed by atoms with Crippen LogP contribution in [-0.4, -0.2) is 24.4 Å². The van der Waals surface area contributed by atoms with E-state index in [0.717, 1.165) is 19.3 Å². The fourth-order valence-corrected chi connectivity index (χ4v) is 2.15. The number of hydrogen-bond acceptors (Lipinski definition) is 3. The van der Waals surface area contributed by atoms with Crippen molar-refractivity contribution < 1.29 is 9.59 Å². The van der Waals surface area contributed by atoms with Crippen LogP contribution in [0.25, 0.3) is 0 Å². The molecule has 5 N–H and O–H groups in total. The summed E-state index contributed by atoms with van der Waals surface area (Å²) in [5.74, 6) is -0.427. The van der Waals surface area contributed by atoms with Crippen LogP contribution < -0.4 is 16.8 Å². The normalized spacial score (nSPS) is 19.6. The lowest BCUT2D eigenvalue weighted by molar-refractivity contribution is -0.125. The Morgan fingerprint density at radius 3 is 2.44 bits per heavy atom. The largest absolute Gasteiger partial charge is 0.370 e. The first-order valence-corrected chi connectivity index (χ1v) is 5.75. The van der Waals surface area contributed by atoms with Gasteiger partial charge in [-0.3, -0.25) is 9.59 Å². The van der Waals surface area contributed by atoms with Gasteiger partial charge in [0.2, 0.25) is 11.8 Å². The quantitative estimate of drug-likeness (QED) is 0.590. The number of primary amides is 1. The van der Waals surface area contributed by atoms with E-state index >= 15 is 0 Å². The molecule has 1 rings (SSSR count). The molecule has 0 aromatic heterocycles. The molecule has 5 heteroatoms. The van der Waals surface area contributed by atoms with E-state index in [4.69, 9.17) is 11.5 Å². The summed E-state index contributed by atoms with van der Waals surface area (Å²) >= 11 is 0. The van der Waals surface area contributed by atoms with Crippen molar-refractivity contribution in [3.63, 3.8) is 0 Å². The molecule has 2 amide bonds. The van der Waals surface area contributed by atoms with Crippen LogP contribution in [0.3, 0.4) is 0 Å². The Balaban J connectivity index is 2.32. The maximum Gasteiger partial charge on any atom is 0.220 e. The molecule has 1 fully saturated rings. The van der Waals surface area contributed by atoms with Gasteiger partial charge in [-0.15, -0.1) is 0 Å². The van der Waals surface area contributed by atoms with Gasteiger partial charge in [-0.2, -0.15) is 0 Å². The maximum atomic E-state index is 11.7. The predicted molar refractivity (Wildman–Crippen MR) is 61.4 cm³/mol. The minimum atomic E-state index is -0.398. The third-order valence-electron chi connectivity index (χ3n) is 3.30. The van der Waals surface area contributed by atoms with Crippen LogP contribution in [0.5, 0.6) is 0 Å². The first-order valence-electron chi connectivity index (χ1n) is 5.75. The standard InChI is InChI=1S/C11H21N3O2/c1-8(5-9(13)15)14-10(16)6-11(7-12)3-2-4-11/h8H,2-7,12H2,1H3,(H2,13,15)(H,14,16). The van der Waals surface area contributed by atoms with Crippen molar-refractivity contribution in [2.24, 2.45) is 16.9 Å². The van der Waals surface area contributed by atoms with Crippen LogP contribution in [0.1, 0.15) is 39.0 Å². The highest BCUT2D eigenvalue weighted by molar-refractivity contribution is 5.79. The molecule has 1 aliphatic rings. The van der Waals surface area contributed by atoms with Crippen LogP contribution in [0.4, 0.5) is 0 Å². The number of carbonyl (C=O) groups excluding carboxylic acids is 2. The molecule has 0 aliphatic heterocycles. The molecule has 1 atom stereocenters. The third kappa shape index (κ3) is 3.48. The predicted octanol–water partition coefficient (Wildman–Crippen LogP) is -0.114. The van der Waals surface area contributed by atoms with Gasteiger partial charge in [-0.25, -0.2) is 0 Å². The van der Waals surface area contributed by atoms with Gasteiger partial charge in [0.1, 0.15) is 0 Å². The van der Waals surface area contributed by atoms with E-state index in [2.05, 4.69) is 5.32 Å². The van der Waals surface area contributed by atoms with Gasteiger partial charge < -0.3 is 16.8 Å². The second-order valence-corrected chi connectivity index (χ2v) is 4.87. The molecule has 16 heavy (non-hydrogen) atoms. The Bertz CT molecular complexity index is 269. The SMILES string of the molecule is CC(CC(N)=O)NC(=O)CC1(CN)CCC1. The zero-order valence-electron chi connectivity index (χ0n) is 9.79. The molecule has 1 aliphatic carbocycles. The first-order chi connectivity index (χ1) is 7.47. The number of nitrogens with one attached hydrogen (secondary N) is 1.